The molecule has 0 saturated carbocycles. The minimum absolute atomic E-state index is 0.253. The molecule has 0 bridgehead atoms. The first kappa shape index (κ1) is 11.3. The third-order valence-electron chi connectivity index (χ3n) is 2.10. The maximum absolute atomic E-state index is 11.6. The van der Waals surface area contributed by atoms with Crippen LogP contribution in [0.25, 0.3) is 0 Å². The molecule has 0 saturated heterocycles. The first-order valence-corrected chi connectivity index (χ1v) is 5.91. The Morgan fingerprint density at radius 2 is 2.06 bits per heavy atom. The molecule has 1 amide bonds. The van der Waals surface area contributed by atoms with E-state index in [1.165, 1.54) is 0 Å². The number of carbonyl (C=O) groups is 1. The van der Waals surface area contributed by atoms with E-state index in [4.69, 9.17) is 5.73 Å². The molecule has 0 aliphatic heterocycles. The number of hydrazone groups is 1. The maximum Gasteiger partial charge on any atom is 0.271 e. The predicted octanol–water partition coefficient (Wildman–Crippen LogP) is 2.09. The zero-order valence-electron chi connectivity index (χ0n) is 8.96. The largest absolute Gasteiger partial charge is 0.399 e. The molecule has 1 heterocycles. The third kappa shape index (κ3) is 3.15. The molecule has 17 heavy (non-hydrogen) atoms. The molecular formula is C12H11N3OS. The van der Waals surface area contributed by atoms with Gasteiger partial charge in [0.2, 0.25) is 0 Å². The van der Waals surface area contributed by atoms with Crippen LogP contribution in [0, 0.1) is 0 Å². The van der Waals surface area contributed by atoms with Crippen LogP contribution in [0.2, 0.25) is 0 Å². The Labute approximate surface area is 103 Å². The van der Waals surface area contributed by atoms with Crippen molar-refractivity contribution in [2.75, 3.05) is 5.73 Å². The van der Waals surface area contributed by atoms with Gasteiger partial charge >= 0.3 is 0 Å². The van der Waals surface area contributed by atoms with Crippen molar-refractivity contribution in [2.24, 2.45) is 5.10 Å². The van der Waals surface area contributed by atoms with Crippen molar-refractivity contribution in [3.05, 3.63) is 52.2 Å². The summed E-state index contributed by atoms with van der Waals surface area (Å²) in [6.45, 7) is 0. The summed E-state index contributed by atoms with van der Waals surface area (Å²) in [4.78, 5) is 11.6. The lowest BCUT2D eigenvalue weighted by atomic mass is 10.2. The number of nitrogens with zero attached hydrogens (tertiary/aromatic N) is 1. The highest BCUT2D eigenvalue weighted by Gasteiger charge is 2.02. The summed E-state index contributed by atoms with van der Waals surface area (Å²) in [5, 5.41) is 7.75. The van der Waals surface area contributed by atoms with Crippen LogP contribution in [0.1, 0.15) is 15.9 Å². The van der Waals surface area contributed by atoms with Crippen molar-refractivity contribution >= 4 is 29.1 Å². The average molecular weight is 245 g/mol. The summed E-state index contributed by atoms with van der Waals surface area (Å²) in [6.07, 6.45) is 1.60. The highest BCUT2D eigenvalue weighted by Crippen LogP contribution is 2.05. The topological polar surface area (TPSA) is 67.5 Å². The smallest absolute Gasteiger partial charge is 0.271 e. The van der Waals surface area contributed by atoms with Gasteiger partial charge in [-0.1, -0.05) is 0 Å². The Hall–Kier alpha value is -2.14. The molecule has 0 aliphatic carbocycles. The first-order valence-electron chi connectivity index (χ1n) is 4.97. The van der Waals surface area contributed by atoms with E-state index >= 15 is 0 Å². The number of rotatable bonds is 3. The molecule has 0 fully saturated rings. The van der Waals surface area contributed by atoms with Gasteiger partial charge in [0.1, 0.15) is 0 Å². The lowest BCUT2D eigenvalue weighted by molar-refractivity contribution is 0.0955. The van der Waals surface area contributed by atoms with Gasteiger partial charge in [-0.2, -0.15) is 16.4 Å². The fourth-order valence-corrected chi connectivity index (χ4v) is 1.82. The summed E-state index contributed by atoms with van der Waals surface area (Å²) in [7, 11) is 0. The van der Waals surface area contributed by atoms with Crippen molar-refractivity contribution in [3.8, 4) is 0 Å². The van der Waals surface area contributed by atoms with Gasteiger partial charge in [0.05, 0.1) is 6.21 Å². The van der Waals surface area contributed by atoms with Crippen molar-refractivity contribution in [3.63, 3.8) is 0 Å². The number of hydrogen-bond donors (Lipinski definition) is 2. The van der Waals surface area contributed by atoms with Gasteiger partial charge in [0, 0.05) is 16.8 Å². The number of anilines is 1. The molecule has 5 heteroatoms. The SMILES string of the molecule is Nc1ccc(C(=O)N/N=C/c2ccsc2)cc1. The van der Waals surface area contributed by atoms with Gasteiger partial charge in [-0.15, -0.1) is 0 Å². The van der Waals surface area contributed by atoms with E-state index in [2.05, 4.69) is 10.5 Å². The molecule has 0 spiro atoms. The molecule has 0 unspecified atom stereocenters. The van der Waals surface area contributed by atoms with Crippen LogP contribution in [0.15, 0.2) is 46.2 Å². The van der Waals surface area contributed by atoms with E-state index < -0.39 is 0 Å². The molecular weight excluding hydrogens is 234 g/mol. The molecule has 0 radical (unpaired) electrons. The van der Waals surface area contributed by atoms with Gasteiger partial charge in [-0.3, -0.25) is 4.79 Å². The maximum atomic E-state index is 11.6. The van der Waals surface area contributed by atoms with Crippen molar-refractivity contribution in [1.82, 2.24) is 5.43 Å². The fraction of sp³-hybridized carbons (Fsp3) is 0. The van der Waals surface area contributed by atoms with Crippen LogP contribution in [0.4, 0.5) is 5.69 Å². The number of nitrogen functional groups attached to an aromatic ring is 1. The van der Waals surface area contributed by atoms with Crippen LogP contribution < -0.4 is 11.2 Å². The molecule has 2 aromatic rings. The summed E-state index contributed by atoms with van der Waals surface area (Å²) in [5.41, 5.74) is 10.1. The van der Waals surface area contributed by atoms with Crippen LogP contribution >= 0.6 is 11.3 Å². The second-order valence-corrected chi connectivity index (χ2v) is 4.16. The normalized spacial score (nSPS) is 10.6. The van der Waals surface area contributed by atoms with Gasteiger partial charge in [0.25, 0.3) is 5.91 Å². The third-order valence-corrected chi connectivity index (χ3v) is 2.80. The van der Waals surface area contributed by atoms with Gasteiger partial charge in [-0.05, 0) is 41.1 Å². The van der Waals surface area contributed by atoms with Gasteiger partial charge < -0.3 is 5.73 Å². The number of thiophene rings is 1. The van der Waals surface area contributed by atoms with Crippen LogP contribution in [-0.4, -0.2) is 12.1 Å². The Bertz CT molecular complexity index is 517. The van der Waals surface area contributed by atoms with Gasteiger partial charge in [-0.25, -0.2) is 5.43 Å². The molecule has 1 aromatic heterocycles. The first-order chi connectivity index (χ1) is 8.25. The van der Waals surface area contributed by atoms with Crippen molar-refractivity contribution < 1.29 is 4.79 Å². The van der Waals surface area contributed by atoms with E-state index in [0.29, 0.717) is 11.3 Å². The molecule has 0 aliphatic rings. The van der Waals surface area contributed by atoms with Gasteiger partial charge in [0.15, 0.2) is 0 Å². The lowest BCUT2D eigenvalue weighted by Gasteiger charge is -1.99. The summed E-state index contributed by atoms with van der Waals surface area (Å²) >= 11 is 1.58. The quantitative estimate of drug-likeness (QED) is 0.494. The summed E-state index contributed by atoms with van der Waals surface area (Å²) in [5.74, 6) is -0.253. The molecule has 0 atom stereocenters. The number of benzene rings is 1. The number of carbonyl (C=O) groups excluding carboxylic acids is 1. The number of nitrogens with two attached hydrogens (primary N) is 1. The fourth-order valence-electron chi connectivity index (χ4n) is 1.21. The molecule has 1 aromatic carbocycles. The summed E-state index contributed by atoms with van der Waals surface area (Å²) < 4.78 is 0. The van der Waals surface area contributed by atoms with Crippen LogP contribution in [-0.2, 0) is 0 Å². The highest BCUT2D eigenvalue weighted by atomic mass is 32.1. The molecule has 2 rings (SSSR count). The molecule has 3 N–H and O–H groups in total. The van der Waals surface area contributed by atoms with E-state index in [9.17, 15) is 4.79 Å². The monoisotopic (exact) mass is 245 g/mol. The average Bonchev–Trinajstić information content (AvgIpc) is 2.83. The number of nitrogens with one attached hydrogen (secondary N) is 1. The molecule has 86 valence electrons. The van der Waals surface area contributed by atoms with Crippen LogP contribution in [0.3, 0.4) is 0 Å². The minimum atomic E-state index is -0.253. The second-order valence-electron chi connectivity index (χ2n) is 3.38. The van der Waals surface area contributed by atoms with Crippen molar-refractivity contribution in [1.29, 1.82) is 0 Å². The predicted molar refractivity (Wildman–Crippen MR) is 70.2 cm³/mol. The minimum Gasteiger partial charge on any atom is -0.399 e. The molecule has 4 nitrogen and oxygen atoms in total. The lowest BCUT2D eigenvalue weighted by Crippen LogP contribution is -2.17. The summed E-state index contributed by atoms with van der Waals surface area (Å²) in [6, 6.07) is 8.59. The standard InChI is InChI=1S/C12H11N3OS/c13-11-3-1-10(2-4-11)12(16)15-14-7-9-5-6-17-8-9/h1-8H,13H2,(H,15,16)/b14-7+. The Balaban J connectivity index is 1.96. The van der Waals surface area contributed by atoms with Crippen molar-refractivity contribution in [2.45, 2.75) is 0 Å². The second kappa shape index (κ2) is 5.27. The Kier molecular flexibility index (Phi) is 3.52. The van der Waals surface area contributed by atoms with E-state index in [0.717, 1.165) is 5.56 Å². The Morgan fingerprint density at radius 1 is 1.29 bits per heavy atom. The highest BCUT2D eigenvalue weighted by molar-refractivity contribution is 7.08. The Morgan fingerprint density at radius 3 is 2.71 bits per heavy atom. The zero-order valence-corrected chi connectivity index (χ0v) is 9.78. The van der Waals surface area contributed by atoms with E-state index in [-0.39, 0.29) is 5.91 Å². The zero-order chi connectivity index (χ0) is 12.1. The van der Waals surface area contributed by atoms with Crippen LogP contribution in [0.5, 0.6) is 0 Å². The number of hydrogen-bond acceptors (Lipinski definition) is 4. The number of amides is 1. The van der Waals surface area contributed by atoms with E-state index in [1.54, 1.807) is 41.8 Å². The van der Waals surface area contributed by atoms with E-state index in [1.807, 2.05) is 16.8 Å².